The van der Waals surface area contributed by atoms with Crippen molar-refractivity contribution in [2.45, 2.75) is 26.0 Å². The van der Waals surface area contributed by atoms with Crippen molar-refractivity contribution in [3.05, 3.63) is 60.4 Å². The van der Waals surface area contributed by atoms with E-state index in [-0.39, 0.29) is 6.10 Å². The van der Waals surface area contributed by atoms with Gasteiger partial charge in [-0.15, -0.1) is 6.42 Å². The first kappa shape index (κ1) is 14.2. The van der Waals surface area contributed by atoms with Gasteiger partial charge in [0.2, 0.25) is 0 Å². The molecule has 0 fully saturated rings. The van der Waals surface area contributed by atoms with Gasteiger partial charge < -0.3 is 9.30 Å². The predicted molar refractivity (Wildman–Crippen MR) is 88.7 cm³/mol. The molecule has 0 radical (unpaired) electrons. The third kappa shape index (κ3) is 2.68. The molecule has 0 saturated carbocycles. The summed E-state index contributed by atoms with van der Waals surface area (Å²) in [7, 11) is 0. The second-order valence-corrected chi connectivity index (χ2v) is 5.08. The Kier molecular flexibility index (Phi) is 4.11. The summed E-state index contributed by atoms with van der Waals surface area (Å²) in [5.74, 6) is 4.43. The molecular formula is C19H18N2O. The van der Waals surface area contributed by atoms with Gasteiger partial charge in [0.25, 0.3) is 0 Å². The summed E-state index contributed by atoms with van der Waals surface area (Å²) in [6, 6.07) is 17.8. The number of ether oxygens (including phenoxy) is 1. The van der Waals surface area contributed by atoms with E-state index in [4.69, 9.17) is 16.1 Å². The van der Waals surface area contributed by atoms with Crippen LogP contribution in [0.2, 0.25) is 0 Å². The Morgan fingerprint density at radius 1 is 1.14 bits per heavy atom. The molecule has 3 aromatic rings. The number of hydrogen-bond acceptors (Lipinski definition) is 2. The van der Waals surface area contributed by atoms with Gasteiger partial charge in [0.05, 0.1) is 17.6 Å². The molecule has 3 nitrogen and oxygen atoms in total. The molecule has 2 aromatic carbocycles. The van der Waals surface area contributed by atoms with Crippen LogP contribution in [0.15, 0.2) is 54.6 Å². The zero-order valence-corrected chi connectivity index (χ0v) is 12.6. The zero-order valence-electron chi connectivity index (χ0n) is 12.6. The Hall–Kier alpha value is -2.73. The average molecular weight is 290 g/mol. The number of benzene rings is 2. The number of imidazole rings is 1. The molecule has 3 heteroatoms. The number of rotatable bonds is 5. The quantitative estimate of drug-likeness (QED) is 0.658. The average Bonchev–Trinajstić information content (AvgIpc) is 2.93. The Balaban J connectivity index is 2.03. The van der Waals surface area contributed by atoms with E-state index in [0.29, 0.717) is 6.54 Å². The highest BCUT2D eigenvalue weighted by Gasteiger charge is 2.20. The molecule has 0 saturated heterocycles. The number of aromatic nitrogens is 2. The van der Waals surface area contributed by atoms with E-state index in [1.54, 1.807) is 0 Å². The van der Waals surface area contributed by atoms with Gasteiger partial charge in [-0.25, -0.2) is 4.98 Å². The number of nitrogens with zero attached hydrogens (tertiary/aromatic N) is 2. The summed E-state index contributed by atoms with van der Waals surface area (Å²) >= 11 is 0. The molecule has 3 rings (SSSR count). The number of hydrogen-bond donors (Lipinski definition) is 0. The molecule has 0 spiro atoms. The summed E-state index contributed by atoms with van der Waals surface area (Å²) in [6.45, 7) is 2.58. The van der Waals surface area contributed by atoms with Crippen molar-refractivity contribution in [3.63, 3.8) is 0 Å². The van der Waals surface area contributed by atoms with E-state index in [1.165, 1.54) is 0 Å². The van der Waals surface area contributed by atoms with Crippen LogP contribution < -0.4 is 4.74 Å². The van der Waals surface area contributed by atoms with Crippen LogP contribution in [-0.4, -0.2) is 9.55 Å². The van der Waals surface area contributed by atoms with Crippen LogP contribution in [0.5, 0.6) is 5.75 Å². The number of terminal acetylenes is 1. The molecule has 0 aliphatic rings. The summed E-state index contributed by atoms with van der Waals surface area (Å²) < 4.78 is 8.18. The maximum atomic E-state index is 6.11. The smallest absolute Gasteiger partial charge is 0.156 e. The summed E-state index contributed by atoms with van der Waals surface area (Å²) in [4.78, 5) is 4.74. The Morgan fingerprint density at radius 3 is 2.59 bits per heavy atom. The third-order valence-electron chi connectivity index (χ3n) is 3.61. The van der Waals surface area contributed by atoms with Crippen LogP contribution in [0.25, 0.3) is 11.0 Å². The molecule has 1 atom stereocenters. The van der Waals surface area contributed by atoms with Crippen molar-refractivity contribution >= 4 is 11.0 Å². The first-order chi connectivity index (χ1) is 10.8. The molecule has 110 valence electrons. The van der Waals surface area contributed by atoms with Crippen LogP contribution in [0, 0.1) is 12.3 Å². The monoisotopic (exact) mass is 290 g/mol. The van der Waals surface area contributed by atoms with Gasteiger partial charge >= 0.3 is 0 Å². The second-order valence-electron chi connectivity index (χ2n) is 5.08. The molecule has 0 N–H and O–H groups in total. The minimum atomic E-state index is -0.122. The zero-order chi connectivity index (χ0) is 15.4. The van der Waals surface area contributed by atoms with Gasteiger partial charge in [-0.05, 0) is 30.7 Å². The fourth-order valence-corrected chi connectivity index (χ4v) is 2.58. The second kappa shape index (κ2) is 6.36. The highest BCUT2D eigenvalue weighted by Crippen LogP contribution is 2.27. The topological polar surface area (TPSA) is 27.1 Å². The molecule has 0 amide bonds. The van der Waals surface area contributed by atoms with Gasteiger partial charge in [0, 0.05) is 0 Å². The molecule has 0 aliphatic heterocycles. The van der Waals surface area contributed by atoms with Crippen molar-refractivity contribution in [1.29, 1.82) is 0 Å². The maximum absolute atomic E-state index is 6.11. The molecule has 22 heavy (non-hydrogen) atoms. The van der Waals surface area contributed by atoms with E-state index in [2.05, 4.69) is 17.4 Å². The van der Waals surface area contributed by atoms with E-state index >= 15 is 0 Å². The van der Waals surface area contributed by atoms with Crippen LogP contribution in [-0.2, 0) is 6.54 Å². The molecule has 0 unspecified atom stereocenters. The fourth-order valence-electron chi connectivity index (χ4n) is 2.58. The normalized spacial score (nSPS) is 12.0. The van der Waals surface area contributed by atoms with E-state index < -0.39 is 0 Å². The van der Waals surface area contributed by atoms with Gasteiger partial charge in [-0.1, -0.05) is 43.2 Å². The standard InChI is InChI=1S/C19H18N2O/c1-3-14-21-17-13-9-8-12-16(17)20-19(21)18(4-2)22-15-10-6-5-7-11-15/h1,5-13,18H,4,14H2,2H3/t18-/m1/s1. The Morgan fingerprint density at radius 2 is 1.86 bits per heavy atom. The predicted octanol–water partition coefficient (Wildman–Crippen LogP) is 4.20. The van der Waals surface area contributed by atoms with E-state index in [0.717, 1.165) is 29.0 Å². The van der Waals surface area contributed by atoms with E-state index in [1.807, 2.05) is 54.6 Å². The largest absolute Gasteiger partial charge is 0.483 e. The van der Waals surface area contributed by atoms with E-state index in [9.17, 15) is 0 Å². The summed E-state index contributed by atoms with van der Waals surface area (Å²) in [5.41, 5.74) is 1.99. The first-order valence-electron chi connectivity index (χ1n) is 7.43. The SMILES string of the molecule is C#CCn1c([C@@H](CC)Oc2ccccc2)nc2ccccc21. The lowest BCUT2D eigenvalue weighted by Gasteiger charge is -2.18. The van der Waals surface area contributed by atoms with Crippen LogP contribution in [0.1, 0.15) is 25.3 Å². The first-order valence-corrected chi connectivity index (χ1v) is 7.43. The summed E-state index contributed by atoms with van der Waals surface area (Å²) in [6.07, 6.45) is 6.23. The van der Waals surface area contributed by atoms with Crippen molar-refractivity contribution < 1.29 is 4.74 Å². The van der Waals surface area contributed by atoms with Gasteiger partial charge in [0.15, 0.2) is 11.9 Å². The fraction of sp³-hybridized carbons (Fsp3) is 0.211. The van der Waals surface area contributed by atoms with Crippen molar-refractivity contribution in [1.82, 2.24) is 9.55 Å². The summed E-state index contributed by atoms with van der Waals surface area (Å²) in [5, 5.41) is 0. The Labute approximate surface area is 130 Å². The van der Waals surface area contributed by atoms with Crippen molar-refractivity contribution in [2.24, 2.45) is 0 Å². The maximum Gasteiger partial charge on any atom is 0.156 e. The number of fused-ring (bicyclic) bond motifs is 1. The minimum absolute atomic E-state index is 0.122. The third-order valence-corrected chi connectivity index (χ3v) is 3.61. The number of para-hydroxylation sites is 3. The lowest BCUT2D eigenvalue weighted by molar-refractivity contribution is 0.187. The van der Waals surface area contributed by atoms with Crippen LogP contribution in [0.3, 0.4) is 0 Å². The molecule has 1 heterocycles. The van der Waals surface area contributed by atoms with Crippen LogP contribution in [0.4, 0.5) is 0 Å². The molecule has 0 bridgehead atoms. The Bertz CT molecular complexity index is 799. The molecule has 1 aromatic heterocycles. The van der Waals surface area contributed by atoms with Crippen LogP contribution >= 0.6 is 0 Å². The lowest BCUT2D eigenvalue weighted by atomic mass is 10.2. The highest BCUT2D eigenvalue weighted by molar-refractivity contribution is 5.76. The van der Waals surface area contributed by atoms with Crippen molar-refractivity contribution in [2.75, 3.05) is 0 Å². The minimum Gasteiger partial charge on any atom is -0.483 e. The highest BCUT2D eigenvalue weighted by atomic mass is 16.5. The van der Waals surface area contributed by atoms with Gasteiger partial charge in [-0.2, -0.15) is 0 Å². The lowest BCUT2D eigenvalue weighted by Crippen LogP contribution is -2.13. The van der Waals surface area contributed by atoms with Gasteiger partial charge in [0.1, 0.15) is 5.75 Å². The molecule has 0 aliphatic carbocycles. The molecular weight excluding hydrogens is 272 g/mol. The van der Waals surface area contributed by atoms with Gasteiger partial charge in [-0.3, -0.25) is 0 Å². The van der Waals surface area contributed by atoms with Crippen molar-refractivity contribution in [3.8, 4) is 18.1 Å².